The maximum atomic E-state index is 12.4. The number of allylic oxidation sites excluding steroid dienone is 1. The molecule has 0 bridgehead atoms. The summed E-state index contributed by atoms with van der Waals surface area (Å²) in [6.07, 6.45) is 10.2. The largest absolute Gasteiger partial charge is 0.478 e. The Labute approximate surface area is 178 Å². The van der Waals surface area contributed by atoms with Crippen molar-refractivity contribution < 1.29 is 19.5 Å². The Bertz CT molecular complexity index is 886. The summed E-state index contributed by atoms with van der Waals surface area (Å²) in [5.41, 5.74) is 1.97. The van der Waals surface area contributed by atoms with E-state index in [1.807, 2.05) is 6.08 Å². The van der Waals surface area contributed by atoms with Gasteiger partial charge in [-0.05, 0) is 79.9 Å². The van der Waals surface area contributed by atoms with Crippen LogP contribution in [0.1, 0.15) is 75.6 Å². The van der Waals surface area contributed by atoms with Gasteiger partial charge in [-0.3, -0.25) is 9.59 Å². The number of carboxylic acids is 1. The van der Waals surface area contributed by atoms with Gasteiger partial charge in [0.15, 0.2) is 5.78 Å². The van der Waals surface area contributed by atoms with Gasteiger partial charge in [0.05, 0.1) is 5.56 Å². The number of carbonyl (C=O) groups is 3. The zero-order valence-electron chi connectivity index (χ0n) is 18.0. The van der Waals surface area contributed by atoms with Crippen molar-refractivity contribution in [2.24, 2.45) is 28.6 Å². The van der Waals surface area contributed by atoms with Crippen molar-refractivity contribution in [3.05, 3.63) is 47.5 Å². The predicted molar refractivity (Wildman–Crippen MR) is 115 cm³/mol. The van der Waals surface area contributed by atoms with Crippen LogP contribution in [0.15, 0.2) is 42.0 Å². The first-order valence-corrected chi connectivity index (χ1v) is 11.3. The van der Waals surface area contributed by atoms with E-state index in [1.54, 1.807) is 30.3 Å². The lowest BCUT2D eigenvalue weighted by atomic mass is 9.47. The lowest BCUT2D eigenvalue weighted by Gasteiger charge is -2.56. The molecule has 5 rings (SSSR count). The minimum Gasteiger partial charge on any atom is -0.478 e. The molecule has 30 heavy (non-hydrogen) atoms. The fourth-order valence-electron chi connectivity index (χ4n) is 6.91. The van der Waals surface area contributed by atoms with Gasteiger partial charge in [0, 0.05) is 18.3 Å². The van der Waals surface area contributed by atoms with E-state index < -0.39 is 5.97 Å². The van der Waals surface area contributed by atoms with Gasteiger partial charge in [0.2, 0.25) is 0 Å². The Balaban J connectivity index is 0.000000204. The first-order chi connectivity index (χ1) is 14.3. The molecule has 0 aromatic heterocycles. The van der Waals surface area contributed by atoms with E-state index >= 15 is 0 Å². The molecule has 0 unspecified atom stereocenters. The number of rotatable bonds is 1. The zero-order chi connectivity index (χ0) is 21.5. The van der Waals surface area contributed by atoms with Gasteiger partial charge in [0.1, 0.15) is 5.78 Å². The van der Waals surface area contributed by atoms with Crippen molar-refractivity contribution in [2.45, 2.75) is 65.2 Å². The first kappa shape index (κ1) is 21.0. The molecule has 3 fully saturated rings. The number of carbonyl (C=O) groups excluding carboxylic acids is 2. The third kappa shape index (κ3) is 3.44. The van der Waals surface area contributed by atoms with E-state index in [1.165, 1.54) is 18.4 Å². The second-order valence-electron chi connectivity index (χ2n) is 10.1. The van der Waals surface area contributed by atoms with Crippen molar-refractivity contribution in [2.75, 3.05) is 0 Å². The highest BCUT2D eigenvalue weighted by molar-refractivity contribution is 5.91. The van der Waals surface area contributed by atoms with Crippen molar-refractivity contribution in [1.29, 1.82) is 0 Å². The van der Waals surface area contributed by atoms with E-state index in [0.717, 1.165) is 38.5 Å². The maximum Gasteiger partial charge on any atom is 0.335 e. The van der Waals surface area contributed by atoms with Gasteiger partial charge in [0.25, 0.3) is 0 Å². The van der Waals surface area contributed by atoms with E-state index in [4.69, 9.17) is 5.11 Å². The van der Waals surface area contributed by atoms with Crippen LogP contribution >= 0.6 is 0 Å². The fourth-order valence-corrected chi connectivity index (χ4v) is 6.91. The summed E-state index contributed by atoms with van der Waals surface area (Å²) in [6.45, 7) is 4.64. The lowest BCUT2D eigenvalue weighted by molar-refractivity contribution is -0.132. The summed E-state index contributed by atoms with van der Waals surface area (Å²) in [4.78, 5) is 34.3. The molecule has 0 radical (unpaired) electrons. The molecular formula is C26H32O4. The van der Waals surface area contributed by atoms with E-state index in [2.05, 4.69) is 13.8 Å². The summed E-state index contributed by atoms with van der Waals surface area (Å²) in [5.74, 6) is 2.00. The van der Waals surface area contributed by atoms with Crippen molar-refractivity contribution >= 4 is 17.5 Å². The van der Waals surface area contributed by atoms with Gasteiger partial charge in [-0.1, -0.05) is 37.6 Å². The van der Waals surface area contributed by atoms with Crippen molar-refractivity contribution in [1.82, 2.24) is 0 Å². The summed E-state index contributed by atoms with van der Waals surface area (Å²) < 4.78 is 0. The van der Waals surface area contributed by atoms with Crippen molar-refractivity contribution in [3.8, 4) is 0 Å². The Morgan fingerprint density at radius 3 is 2.27 bits per heavy atom. The van der Waals surface area contributed by atoms with E-state index in [-0.39, 0.29) is 10.8 Å². The molecule has 0 saturated heterocycles. The highest BCUT2D eigenvalue weighted by atomic mass is 16.4. The van der Waals surface area contributed by atoms with E-state index in [9.17, 15) is 14.4 Å². The summed E-state index contributed by atoms with van der Waals surface area (Å²) >= 11 is 0. The molecule has 0 heterocycles. The molecule has 5 atom stereocenters. The molecule has 0 aliphatic heterocycles. The van der Waals surface area contributed by atoms with Gasteiger partial charge in [-0.15, -0.1) is 0 Å². The quantitative estimate of drug-likeness (QED) is 0.669. The number of hydrogen-bond donors (Lipinski definition) is 1. The highest BCUT2D eigenvalue weighted by Gasteiger charge is 2.58. The van der Waals surface area contributed by atoms with Crippen LogP contribution in [0.3, 0.4) is 0 Å². The van der Waals surface area contributed by atoms with Crippen LogP contribution in [-0.2, 0) is 9.59 Å². The van der Waals surface area contributed by atoms with Gasteiger partial charge in [-0.25, -0.2) is 4.79 Å². The summed E-state index contributed by atoms with van der Waals surface area (Å²) in [5, 5.41) is 8.38. The summed E-state index contributed by atoms with van der Waals surface area (Å²) in [7, 11) is 0. The van der Waals surface area contributed by atoms with Crippen LogP contribution in [0.5, 0.6) is 0 Å². The Hall–Kier alpha value is -2.23. The SMILES string of the molecule is C[C@]12CCC(=O)C=C1CC[C@@H]1[C@@H]2CC[C@]2(C)C(=O)CC[C@@H]12.O=C(O)c1ccccc1. The average Bonchev–Trinajstić information content (AvgIpc) is 3.04. The maximum absolute atomic E-state index is 12.4. The minimum absolute atomic E-state index is 0.0246. The monoisotopic (exact) mass is 408 g/mol. The molecule has 3 saturated carbocycles. The number of benzene rings is 1. The molecule has 4 heteroatoms. The third-order valence-electron chi connectivity index (χ3n) is 8.69. The number of carboxylic acid groups (broad SMARTS) is 1. The number of ketones is 2. The normalized spacial score (nSPS) is 37.1. The fraction of sp³-hybridized carbons (Fsp3) is 0.577. The standard InChI is InChI=1S/C19H26O2.C7H6O2/c1-18-9-7-13(20)11-12(18)3-4-14-15-5-6-17(21)19(15,2)10-8-16(14)18;8-7(9)6-4-2-1-3-5-6/h11,14-16H,3-10H2,1-2H3;1-5H,(H,8,9)/t14-,15-,16-,18-,19-;/m0./s1. The minimum atomic E-state index is -0.879. The molecule has 1 aromatic carbocycles. The van der Waals surface area contributed by atoms with Crippen molar-refractivity contribution in [3.63, 3.8) is 0 Å². The van der Waals surface area contributed by atoms with Gasteiger partial charge < -0.3 is 5.11 Å². The Kier molecular flexibility index (Phi) is 5.46. The molecule has 160 valence electrons. The molecule has 0 spiro atoms. The van der Waals surface area contributed by atoms with Crippen LogP contribution in [0.25, 0.3) is 0 Å². The second kappa shape index (κ2) is 7.79. The molecule has 0 amide bonds. The summed E-state index contributed by atoms with van der Waals surface area (Å²) in [6, 6.07) is 8.30. The zero-order valence-corrected chi connectivity index (χ0v) is 18.0. The second-order valence-corrected chi connectivity index (χ2v) is 10.1. The van der Waals surface area contributed by atoms with Gasteiger partial charge in [-0.2, -0.15) is 0 Å². The number of Topliss-reactive ketones (excluding diaryl/α,β-unsaturated/α-hetero) is 1. The highest BCUT2D eigenvalue weighted by Crippen LogP contribution is 2.64. The first-order valence-electron chi connectivity index (χ1n) is 11.3. The molecule has 1 aromatic rings. The molecule has 4 nitrogen and oxygen atoms in total. The van der Waals surface area contributed by atoms with Crippen LogP contribution in [0.2, 0.25) is 0 Å². The van der Waals surface area contributed by atoms with Crippen LogP contribution in [0, 0.1) is 28.6 Å². The van der Waals surface area contributed by atoms with E-state index in [0.29, 0.717) is 34.9 Å². The van der Waals surface area contributed by atoms with Gasteiger partial charge >= 0.3 is 5.97 Å². The predicted octanol–water partition coefficient (Wildman–Crippen LogP) is 5.47. The third-order valence-corrected chi connectivity index (χ3v) is 8.69. The Morgan fingerprint density at radius 2 is 1.60 bits per heavy atom. The molecular weight excluding hydrogens is 376 g/mol. The average molecular weight is 409 g/mol. The number of hydrogen-bond acceptors (Lipinski definition) is 3. The molecule has 4 aliphatic carbocycles. The Morgan fingerprint density at radius 1 is 0.900 bits per heavy atom. The molecule has 1 N–H and O–H groups in total. The smallest absolute Gasteiger partial charge is 0.335 e. The lowest BCUT2D eigenvalue weighted by Crippen LogP contribution is -2.50. The topological polar surface area (TPSA) is 71.4 Å². The van der Waals surface area contributed by atoms with Crippen LogP contribution in [-0.4, -0.2) is 22.6 Å². The molecule has 4 aliphatic rings. The van der Waals surface area contributed by atoms with Crippen LogP contribution < -0.4 is 0 Å². The van der Waals surface area contributed by atoms with Crippen LogP contribution in [0.4, 0.5) is 0 Å². The number of aromatic carboxylic acids is 1. The number of fused-ring (bicyclic) bond motifs is 5.